The minimum Gasteiger partial charge on any atom is -0.497 e. The molecule has 3 aromatic rings. The summed E-state index contributed by atoms with van der Waals surface area (Å²) < 4.78 is 23.3. The van der Waals surface area contributed by atoms with Crippen molar-refractivity contribution in [1.82, 2.24) is 5.32 Å². The minimum atomic E-state index is -1.14. The molecule has 9 heteroatoms. The van der Waals surface area contributed by atoms with Gasteiger partial charge in [0.2, 0.25) is 5.90 Å². The number of aliphatic imine (C=N–C) groups is 1. The van der Waals surface area contributed by atoms with Crippen molar-refractivity contribution in [3.05, 3.63) is 87.9 Å². The van der Waals surface area contributed by atoms with E-state index in [0.29, 0.717) is 42.6 Å². The zero-order valence-corrected chi connectivity index (χ0v) is 23.0. The third kappa shape index (κ3) is 6.85. The lowest BCUT2D eigenvalue weighted by atomic mass is 9.91. The molecule has 1 amide bonds. The van der Waals surface area contributed by atoms with Gasteiger partial charge in [-0.1, -0.05) is 28.1 Å². The number of halogens is 1. The predicted molar refractivity (Wildman–Crippen MR) is 148 cm³/mol. The van der Waals surface area contributed by atoms with Gasteiger partial charge in [0.05, 0.1) is 20.8 Å². The Bertz CT molecular complexity index is 1240. The van der Waals surface area contributed by atoms with Gasteiger partial charge >= 0.3 is 0 Å². The molecule has 1 aliphatic rings. The van der Waals surface area contributed by atoms with Gasteiger partial charge in [-0.15, -0.1) is 0 Å². The molecule has 38 heavy (non-hydrogen) atoms. The van der Waals surface area contributed by atoms with E-state index >= 15 is 0 Å². The van der Waals surface area contributed by atoms with Crippen LogP contribution in [-0.4, -0.2) is 56.5 Å². The van der Waals surface area contributed by atoms with E-state index in [-0.39, 0.29) is 25.7 Å². The molecule has 0 fully saturated rings. The maximum atomic E-state index is 13.7. The van der Waals surface area contributed by atoms with E-state index < -0.39 is 5.54 Å². The highest BCUT2D eigenvalue weighted by atomic mass is 79.9. The summed E-state index contributed by atoms with van der Waals surface area (Å²) in [5.41, 5.74) is 1.42. The van der Waals surface area contributed by atoms with Crippen LogP contribution in [0.5, 0.6) is 17.2 Å². The Kier molecular flexibility index (Phi) is 9.25. The molecule has 0 saturated carbocycles. The van der Waals surface area contributed by atoms with E-state index in [1.54, 1.807) is 20.3 Å². The van der Waals surface area contributed by atoms with Crippen LogP contribution >= 0.6 is 15.9 Å². The summed E-state index contributed by atoms with van der Waals surface area (Å²) in [5.74, 6) is 2.15. The van der Waals surface area contributed by atoms with Crippen LogP contribution in [0.4, 0.5) is 0 Å². The van der Waals surface area contributed by atoms with Crippen molar-refractivity contribution in [2.75, 3.05) is 34.0 Å². The van der Waals surface area contributed by atoms with Gasteiger partial charge in [-0.25, -0.2) is 4.99 Å². The number of carbonyl (C=O) groups excluding carboxylic acids is 1. The standard InChI is InChI=1S/C29H31BrN2O6/c1-35-25-14-21(15-26(16-25)36-2)18-31-28(34)29(17-20-4-8-23(30)9-5-20)19-38-27(32-29)22-6-10-24(11-7-22)37-13-3-12-33/h4-11,14-16,33H,3,12-13,17-19H2,1-2H3,(H,31,34)/t29-/m1/s1. The number of methoxy groups -OCH3 is 2. The van der Waals surface area contributed by atoms with E-state index in [2.05, 4.69) is 21.2 Å². The molecule has 0 unspecified atom stereocenters. The van der Waals surface area contributed by atoms with Crippen molar-refractivity contribution < 1.29 is 28.8 Å². The van der Waals surface area contributed by atoms with Crippen LogP contribution in [0, 0.1) is 0 Å². The maximum Gasteiger partial charge on any atom is 0.252 e. The van der Waals surface area contributed by atoms with Crippen molar-refractivity contribution in [2.24, 2.45) is 4.99 Å². The minimum absolute atomic E-state index is 0.0800. The van der Waals surface area contributed by atoms with Crippen LogP contribution in [-0.2, 0) is 22.5 Å². The van der Waals surface area contributed by atoms with Crippen LogP contribution in [0.3, 0.4) is 0 Å². The largest absolute Gasteiger partial charge is 0.497 e. The number of aliphatic hydroxyl groups is 1. The molecule has 200 valence electrons. The van der Waals surface area contributed by atoms with Crippen molar-refractivity contribution in [3.63, 3.8) is 0 Å². The summed E-state index contributed by atoms with van der Waals surface area (Å²) in [6.07, 6.45) is 0.938. The van der Waals surface area contributed by atoms with E-state index in [9.17, 15) is 4.79 Å². The number of nitrogens with one attached hydrogen (secondary N) is 1. The number of amides is 1. The Morgan fingerprint density at radius 3 is 2.32 bits per heavy atom. The van der Waals surface area contributed by atoms with Crippen molar-refractivity contribution in [3.8, 4) is 17.2 Å². The fourth-order valence-corrected chi connectivity index (χ4v) is 4.35. The number of carbonyl (C=O) groups is 1. The zero-order chi connectivity index (χ0) is 27.0. The molecule has 2 N–H and O–H groups in total. The quantitative estimate of drug-likeness (QED) is 0.309. The lowest BCUT2D eigenvalue weighted by Gasteiger charge is -2.23. The molecule has 0 saturated heterocycles. The van der Waals surface area contributed by atoms with Gasteiger partial charge in [0.15, 0.2) is 5.54 Å². The van der Waals surface area contributed by atoms with Crippen molar-refractivity contribution in [2.45, 2.75) is 24.9 Å². The lowest BCUT2D eigenvalue weighted by Crippen LogP contribution is -2.48. The van der Waals surface area contributed by atoms with Gasteiger partial charge in [0, 0.05) is 42.1 Å². The Hall–Kier alpha value is -3.56. The fourth-order valence-electron chi connectivity index (χ4n) is 4.09. The molecule has 1 aliphatic heterocycles. The third-order valence-corrected chi connectivity index (χ3v) is 6.66. The van der Waals surface area contributed by atoms with E-state index in [1.165, 1.54) is 0 Å². The molecule has 1 heterocycles. The van der Waals surface area contributed by atoms with E-state index in [4.69, 9.17) is 29.0 Å². The second-order valence-electron chi connectivity index (χ2n) is 8.89. The Morgan fingerprint density at radius 2 is 1.68 bits per heavy atom. The van der Waals surface area contributed by atoms with E-state index in [1.807, 2.05) is 60.7 Å². The Balaban J connectivity index is 1.56. The van der Waals surface area contributed by atoms with Crippen LogP contribution in [0.25, 0.3) is 0 Å². The number of nitrogens with zero attached hydrogens (tertiary/aromatic N) is 1. The summed E-state index contributed by atoms with van der Waals surface area (Å²) >= 11 is 3.47. The average Bonchev–Trinajstić information content (AvgIpc) is 3.38. The highest BCUT2D eigenvalue weighted by Gasteiger charge is 2.44. The molecule has 0 aromatic heterocycles. The second-order valence-corrected chi connectivity index (χ2v) is 9.81. The van der Waals surface area contributed by atoms with Gasteiger partial charge in [-0.2, -0.15) is 0 Å². The monoisotopic (exact) mass is 582 g/mol. The van der Waals surface area contributed by atoms with Crippen LogP contribution in [0.15, 0.2) is 76.2 Å². The summed E-state index contributed by atoms with van der Waals surface area (Å²) in [4.78, 5) is 18.5. The molecule has 0 radical (unpaired) electrons. The predicted octanol–water partition coefficient (Wildman–Crippen LogP) is 4.30. The first-order valence-electron chi connectivity index (χ1n) is 12.3. The molecule has 1 atom stereocenters. The number of hydrogen-bond acceptors (Lipinski definition) is 7. The topological polar surface area (TPSA) is 98.6 Å². The average molecular weight is 583 g/mol. The number of rotatable bonds is 12. The van der Waals surface area contributed by atoms with Crippen LogP contribution in [0.1, 0.15) is 23.1 Å². The van der Waals surface area contributed by atoms with Gasteiger partial charge in [-0.3, -0.25) is 4.79 Å². The maximum absolute atomic E-state index is 13.7. The smallest absolute Gasteiger partial charge is 0.252 e. The van der Waals surface area contributed by atoms with Gasteiger partial charge in [-0.05, 0) is 59.7 Å². The fraction of sp³-hybridized carbons (Fsp3) is 0.310. The lowest BCUT2D eigenvalue weighted by molar-refractivity contribution is -0.126. The zero-order valence-electron chi connectivity index (χ0n) is 21.4. The van der Waals surface area contributed by atoms with Crippen LogP contribution in [0.2, 0.25) is 0 Å². The van der Waals surface area contributed by atoms with Crippen molar-refractivity contribution in [1.29, 1.82) is 0 Å². The number of hydrogen-bond donors (Lipinski definition) is 2. The van der Waals surface area contributed by atoms with Crippen LogP contribution < -0.4 is 19.5 Å². The van der Waals surface area contributed by atoms with Crippen molar-refractivity contribution >= 4 is 27.7 Å². The van der Waals surface area contributed by atoms with Gasteiger partial charge in [0.25, 0.3) is 5.91 Å². The molecule has 0 bridgehead atoms. The normalized spacial score (nSPS) is 16.4. The highest BCUT2D eigenvalue weighted by molar-refractivity contribution is 9.10. The first-order valence-corrected chi connectivity index (χ1v) is 13.1. The van der Waals surface area contributed by atoms with Gasteiger partial charge < -0.3 is 29.4 Å². The summed E-state index contributed by atoms with van der Waals surface area (Å²) in [6, 6.07) is 20.7. The Morgan fingerprint density at radius 1 is 1.00 bits per heavy atom. The summed E-state index contributed by atoms with van der Waals surface area (Å²) in [5, 5.41) is 12.0. The Labute approximate surface area is 230 Å². The van der Waals surface area contributed by atoms with E-state index in [0.717, 1.165) is 21.2 Å². The number of aliphatic hydroxyl groups excluding tert-OH is 1. The molecule has 0 aliphatic carbocycles. The number of ether oxygens (including phenoxy) is 4. The first-order chi connectivity index (χ1) is 18.4. The highest BCUT2D eigenvalue weighted by Crippen LogP contribution is 2.29. The molecular weight excluding hydrogens is 552 g/mol. The van der Waals surface area contributed by atoms with Gasteiger partial charge in [0.1, 0.15) is 23.9 Å². The molecule has 8 nitrogen and oxygen atoms in total. The number of benzene rings is 3. The molecule has 3 aromatic carbocycles. The molecule has 0 spiro atoms. The summed E-state index contributed by atoms with van der Waals surface area (Å²) in [7, 11) is 3.18. The molecule has 4 rings (SSSR count). The third-order valence-electron chi connectivity index (χ3n) is 6.13. The summed E-state index contributed by atoms with van der Waals surface area (Å²) in [6.45, 7) is 0.902. The molecular formula is C29H31BrN2O6. The SMILES string of the molecule is COc1cc(CNC(=O)[C@@]2(Cc3ccc(Br)cc3)COC(c3ccc(OCCCO)cc3)=N2)cc(OC)c1. The first kappa shape index (κ1) is 27.5. The second kappa shape index (κ2) is 12.8.